The summed E-state index contributed by atoms with van der Waals surface area (Å²) >= 11 is 0. The summed E-state index contributed by atoms with van der Waals surface area (Å²) in [7, 11) is 0. The zero-order chi connectivity index (χ0) is 45.6. The average molecular weight is 917 g/mol. The molecule has 0 unspecified atom stereocenters. The highest BCUT2D eigenvalue weighted by Gasteiger charge is 2.36. The van der Waals surface area contributed by atoms with Gasteiger partial charge in [-0.25, -0.2) is 0 Å². The van der Waals surface area contributed by atoms with Gasteiger partial charge < -0.3 is 80.9 Å². The summed E-state index contributed by atoms with van der Waals surface area (Å²) in [6, 6.07) is 0. The van der Waals surface area contributed by atoms with E-state index in [1.807, 2.05) is 0 Å². The van der Waals surface area contributed by atoms with E-state index in [2.05, 4.69) is 34.6 Å². The molecule has 0 spiro atoms. The van der Waals surface area contributed by atoms with Gasteiger partial charge in [-0.2, -0.15) is 0 Å². The summed E-state index contributed by atoms with van der Waals surface area (Å²) < 4.78 is 88.3. The van der Waals surface area contributed by atoms with Crippen LogP contribution in [-0.4, -0.2) is 223 Å². The average Bonchev–Trinajstić information content (AvgIpc) is 3.25. The van der Waals surface area contributed by atoms with E-state index >= 15 is 0 Å². The van der Waals surface area contributed by atoms with Crippen molar-refractivity contribution in [3.63, 3.8) is 0 Å². The van der Waals surface area contributed by atoms with Gasteiger partial charge in [0.05, 0.1) is 218 Å². The largest absolute Gasteiger partial charge is 0.394 e. The SMILES string of the molecule is CC(C)(C)CC(C)(C)C1CCC(OCCOCCOCCOCCOCCOCCOCCOCCOCCOCCOCCOCCOCCOCCOCCOCCO)CC1. The Bertz CT molecular complexity index is 905. The molecule has 1 N–H and O–H groups in total. The standard InChI is InChI=1S/C46H92O17/c1-45(2,3)42-46(4,5)43-6-8-44(9-7-43)63-41-40-62-39-38-61-37-36-60-35-34-59-33-32-58-31-30-57-29-28-56-27-26-55-25-24-54-23-22-53-21-20-52-19-18-51-17-16-50-15-14-49-13-12-48-11-10-47/h43-44,47H,6-42H2,1-5H3. The number of aliphatic hydroxyl groups excluding tert-OH is 1. The van der Waals surface area contributed by atoms with Crippen LogP contribution >= 0.6 is 0 Å². The van der Waals surface area contributed by atoms with Crippen molar-refractivity contribution in [1.29, 1.82) is 0 Å². The fourth-order valence-corrected chi connectivity index (χ4v) is 7.04. The number of hydrogen-bond donors (Lipinski definition) is 1. The Hall–Kier alpha value is -0.680. The Labute approximate surface area is 381 Å². The summed E-state index contributed by atoms with van der Waals surface area (Å²) in [5.41, 5.74) is 0.760. The van der Waals surface area contributed by atoms with Crippen LogP contribution in [0.4, 0.5) is 0 Å². The molecular weight excluding hydrogens is 824 g/mol. The highest BCUT2D eigenvalue weighted by molar-refractivity contribution is 4.86. The molecule has 0 saturated heterocycles. The van der Waals surface area contributed by atoms with Gasteiger partial charge in [-0.15, -0.1) is 0 Å². The lowest BCUT2D eigenvalue weighted by Gasteiger charge is -2.42. The summed E-state index contributed by atoms with van der Waals surface area (Å²) in [5, 5.41) is 8.60. The fraction of sp³-hybridized carbons (Fsp3) is 1.00. The zero-order valence-corrected chi connectivity index (χ0v) is 40.3. The molecule has 378 valence electrons. The van der Waals surface area contributed by atoms with Crippen molar-refractivity contribution in [3.8, 4) is 0 Å². The van der Waals surface area contributed by atoms with Crippen LogP contribution in [0.2, 0.25) is 0 Å². The Kier molecular flexibility index (Phi) is 43.2. The third-order valence-electron chi connectivity index (χ3n) is 9.79. The quantitative estimate of drug-likeness (QED) is 0.0859. The Balaban J connectivity index is 1.65. The second-order valence-corrected chi connectivity index (χ2v) is 17.0. The molecule has 1 saturated carbocycles. The molecule has 0 aromatic carbocycles. The first kappa shape index (κ1) is 60.3. The molecule has 0 atom stereocenters. The third kappa shape index (κ3) is 43.6. The van der Waals surface area contributed by atoms with Crippen LogP contribution in [0.5, 0.6) is 0 Å². The predicted octanol–water partition coefficient (Wildman–Crippen LogP) is 4.27. The topological polar surface area (TPSA) is 168 Å². The van der Waals surface area contributed by atoms with Crippen LogP contribution in [0.1, 0.15) is 66.7 Å². The summed E-state index contributed by atoms with van der Waals surface area (Å²) in [4.78, 5) is 0. The van der Waals surface area contributed by atoms with E-state index < -0.39 is 0 Å². The maximum Gasteiger partial charge on any atom is 0.0704 e. The number of hydrogen-bond acceptors (Lipinski definition) is 17. The molecule has 0 amide bonds. The molecule has 17 nitrogen and oxygen atoms in total. The number of ether oxygens (including phenoxy) is 16. The van der Waals surface area contributed by atoms with Crippen LogP contribution in [0.25, 0.3) is 0 Å². The van der Waals surface area contributed by atoms with E-state index in [4.69, 9.17) is 80.9 Å². The lowest BCUT2D eigenvalue weighted by Crippen LogP contribution is -2.34. The minimum atomic E-state index is 0.0224. The summed E-state index contributed by atoms with van der Waals surface area (Å²) in [6.07, 6.45) is 6.48. The van der Waals surface area contributed by atoms with Gasteiger partial charge >= 0.3 is 0 Å². The minimum absolute atomic E-state index is 0.0224. The van der Waals surface area contributed by atoms with Gasteiger partial charge in [0.25, 0.3) is 0 Å². The summed E-state index contributed by atoms with van der Waals surface area (Å²) in [6.45, 7) is 27.7. The van der Waals surface area contributed by atoms with Gasteiger partial charge in [-0.3, -0.25) is 0 Å². The smallest absolute Gasteiger partial charge is 0.0704 e. The normalized spacial score (nSPS) is 16.1. The Morgan fingerprint density at radius 3 is 0.714 bits per heavy atom. The number of aliphatic hydroxyl groups is 1. The maximum absolute atomic E-state index is 8.60. The van der Waals surface area contributed by atoms with Gasteiger partial charge in [0.15, 0.2) is 0 Å². The first-order valence-electron chi connectivity index (χ1n) is 23.6. The van der Waals surface area contributed by atoms with Crippen molar-refractivity contribution in [2.75, 3.05) is 211 Å². The lowest BCUT2D eigenvalue weighted by molar-refractivity contribution is -0.0415. The first-order chi connectivity index (χ1) is 30.7. The van der Waals surface area contributed by atoms with E-state index in [1.165, 1.54) is 19.3 Å². The third-order valence-corrected chi connectivity index (χ3v) is 9.79. The first-order valence-corrected chi connectivity index (χ1v) is 23.6. The van der Waals surface area contributed by atoms with E-state index in [0.717, 1.165) is 18.8 Å². The van der Waals surface area contributed by atoms with Crippen LogP contribution < -0.4 is 0 Å². The van der Waals surface area contributed by atoms with Crippen molar-refractivity contribution in [2.24, 2.45) is 16.7 Å². The molecule has 0 aromatic rings. The van der Waals surface area contributed by atoms with E-state index in [-0.39, 0.29) is 6.61 Å². The van der Waals surface area contributed by atoms with E-state index in [9.17, 15) is 0 Å². The molecular formula is C46H92O17. The minimum Gasteiger partial charge on any atom is -0.394 e. The molecule has 1 aliphatic carbocycles. The van der Waals surface area contributed by atoms with Crippen LogP contribution in [0.3, 0.4) is 0 Å². The molecule has 0 radical (unpaired) electrons. The van der Waals surface area contributed by atoms with Crippen molar-refractivity contribution in [2.45, 2.75) is 72.8 Å². The molecule has 0 heterocycles. The van der Waals surface area contributed by atoms with Gasteiger partial charge in [0.1, 0.15) is 0 Å². The Morgan fingerprint density at radius 2 is 0.508 bits per heavy atom. The second kappa shape index (κ2) is 45.1. The predicted molar refractivity (Wildman–Crippen MR) is 239 cm³/mol. The fourth-order valence-electron chi connectivity index (χ4n) is 7.04. The van der Waals surface area contributed by atoms with Crippen molar-refractivity contribution in [3.05, 3.63) is 0 Å². The van der Waals surface area contributed by atoms with Gasteiger partial charge in [-0.05, 0) is 48.9 Å². The van der Waals surface area contributed by atoms with Gasteiger partial charge in [-0.1, -0.05) is 34.6 Å². The van der Waals surface area contributed by atoms with E-state index in [1.54, 1.807) is 0 Å². The number of rotatable bonds is 50. The molecule has 1 rings (SSSR count). The second-order valence-electron chi connectivity index (χ2n) is 17.0. The zero-order valence-electron chi connectivity index (χ0n) is 40.3. The molecule has 1 fully saturated rings. The van der Waals surface area contributed by atoms with Crippen molar-refractivity contribution < 1.29 is 80.9 Å². The molecule has 0 bridgehead atoms. The molecule has 17 heteroatoms. The van der Waals surface area contributed by atoms with Crippen LogP contribution in [-0.2, 0) is 75.8 Å². The van der Waals surface area contributed by atoms with Crippen LogP contribution in [0.15, 0.2) is 0 Å². The van der Waals surface area contributed by atoms with Crippen LogP contribution in [0, 0.1) is 16.7 Å². The highest BCUT2D eigenvalue weighted by atomic mass is 16.6. The molecule has 63 heavy (non-hydrogen) atoms. The maximum atomic E-state index is 8.60. The highest BCUT2D eigenvalue weighted by Crippen LogP contribution is 2.45. The Morgan fingerprint density at radius 1 is 0.302 bits per heavy atom. The van der Waals surface area contributed by atoms with Crippen molar-refractivity contribution >= 4 is 0 Å². The molecule has 1 aliphatic rings. The van der Waals surface area contributed by atoms with Crippen molar-refractivity contribution in [1.82, 2.24) is 0 Å². The molecule has 0 aliphatic heterocycles. The molecule has 0 aromatic heterocycles. The summed E-state index contributed by atoms with van der Waals surface area (Å²) in [5.74, 6) is 0.789. The monoisotopic (exact) mass is 917 g/mol. The van der Waals surface area contributed by atoms with Gasteiger partial charge in [0, 0.05) is 0 Å². The lowest BCUT2D eigenvalue weighted by atomic mass is 9.64. The van der Waals surface area contributed by atoms with Gasteiger partial charge in [0.2, 0.25) is 0 Å². The van der Waals surface area contributed by atoms with E-state index in [0.29, 0.717) is 222 Å².